The van der Waals surface area contributed by atoms with Crippen molar-refractivity contribution < 1.29 is 19.1 Å². The van der Waals surface area contributed by atoms with Crippen LogP contribution in [0.3, 0.4) is 0 Å². The van der Waals surface area contributed by atoms with E-state index in [-0.39, 0.29) is 18.4 Å². The quantitative estimate of drug-likeness (QED) is 0.683. The molecule has 0 radical (unpaired) electrons. The number of ether oxygens (including phenoxy) is 1. The average molecular weight is 439 g/mol. The fourth-order valence-electron chi connectivity index (χ4n) is 3.11. The highest BCUT2D eigenvalue weighted by atomic mass is 32.1. The highest BCUT2D eigenvalue weighted by Crippen LogP contribution is 2.27. The number of rotatable bonds is 7. The van der Waals surface area contributed by atoms with E-state index in [4.69, 9.17) is 4.74 Å². The third kappa shape index (κ3) is 7.60. The Hall–Kier alpha value is -2.13. The van der Waals surface area contributed by atoms with Crippen LogP contribution in [0.4, 0.5) is 10.5 Å². The van der Waals surface area contributed by atoms with E-state index in [1.165, 1.54) is 22.7 Å². The molecule has 2 rings (SSSR count). The Morgan fingerprint density at radius 2 is 1.87 bits per heavy atom. The molecule has 0 spiro atoms. The highest BCUT2D eigenvalue weighted by Gasteiger charge is 2.22. The fourth-order valence-corrected chi connectivity index (χ4v) is 4.04. The summed E-state index contributed by atoms with van der Waals surface area (Å²) in [6, 6.07) is 0. The fraction of sp³-hybridized carbons (Fsp3) is 0.667. The second-order valence-corrected chi connectivity index (χ2v) is 9.55. The first-order chi connectivity index (χ1) is 14.1. The van der Waals surface area contributed by atoms with E-state index in [1.807, 2.05) is 12.3 Å². The molecule has 1 aromatic heterocycles. The number of piperidine rings is 1. The standard InChI is InChI=1S/C21H34N4O4S/c1-15-14-30-18(17(15)23-16(26)13-25-10-7-6-8-11-25)19(27)22-9-12-24(5)20(28)29-21(2,3)4/h14H,6-13H2,1-5H3,(H,22,27)(H,23,26). The summed E-state index contributed by atoms with van der Waals surface area (Å²) in [6.45, 7) is 10.1. The van der Waals surface area contributed by atoms with Crippen molar-refractivity contribution in [1.82, 2.24) is 15.1 Å². The van der Waals surface area contributed by atoms with Gasteiger partial charge in [-0.3, -0.25) is 14.5 Å². The summed E-state index contributed by atoms with van der Waals surface area (Å²) in [7, 11) is 1.63. The maximum Gasteiger partial charge on any atom is 0.410 e. The molecule has 2 heterocycles. The summed E-state index contributed by atoms with van der Waals surface area (Å²) in [5.41, 5.74) is 0.868. The minimum absolute atomic E-state index is 0.0999. The summed E-state index contributed by atoms with van der Waals surface area (Å²) in [6.07, 6.45) is 3.02. The summed E-state index contributed by atoms with van der Waals surface area (Å²) in [5, 5.41) is 7.59. The summed E-state index contributed by atoms with van der Waals surface area (Å²) in [4.78, 5) is 41.1. The SMILES string of the molecule is Cc1csc(C(=O)NCCN(C)C(=O)OC(C)(C)C)c1NC(=O)CN1CCCCC1. The van der Waals surface area contributed by atoms with Gasteiger partial charge in [-0.2, -0.15) is 0 Å². The minimum Gasteiger partial charge on any atom is -0.444 e. The van der Waals surface area contributed by atoms with Gasteiger partial charge in [-0.1, -0.05) is 6.42 Å². The molecule has 1 fully saturated rings. The van der Waals surface area contributed by atoms with Crippen molar-refractivity contribution in [1.29, 1.82) is 0 Å². The molecule has 30 heavy (non-hydrogen) atoms. The van der Waals surface area contributed by atoms with Crippen LogP contribution in [0.5, 0.6) is 0 Å². The lowest BCUT2D eigenvalue weighted by Gasteiger charge is -2.25. The monoisotopic (exact) mass is 438 g/mol. The largest absolute Gasteiger partial charge is 0.444 e. The van der Waals surface area contributed by atoms with Crippen molar-refractivity contribution in [2.45, 2.75) is 52.6 Å². The van der Waals surface area contributed by atoms with Gasteiger partial charge in [-0.05, 0) is 64.6 Å². The van der Waals surface area contributed by atoms with Crippen molar-refractivity contribution in [3.05, 3.63) is 15.8 Å². The molecule has 3 amide bonds. The van der Waals surface area contributed by atoms with Crippen LogP contribution in [-0.4, -0.2) is 73.1 Å². The predicted octanol–water partition coefficient (Wildman–Crippen LogP) is 3.08. The van der Waals surface area contributed by atoms with Crippen molar-refractivity contribution in [2.24, 2.45) is 0 Å². The number of hydrogen-bond acceptors (Lipinski definition) is 6. The zero-order chi connectivity index (χ0) is 22.3. The third-order valence-corrected chi connectivity index (χ3v) is 5.80. The number of hydrogen-bond donors (Lipinski definition) is 2. The van der Waals surface area contributed by atoms with Crippen LogP contribution in [0.25, 0.3) is 0 Å². The van der Waals surface area contributed by atoms with Crippen LogP contribution in [0.1, 0.15) is 55.3 Å². The number of amides is 3. The molecule has 1 aliphatic rings. The topological polar surface area (TPSA) is 91.0 Å². The van der Waals surface area contributed by atoms with Gasteiger partial charge in [0.05, 0.1) is 12.2 Å². The van der Waals surface area contributed by atoms with Crippen LogP contribution in [-0.2, 0) is 9.53 Å². The normalized spacial score (nSPS) is 14.8. The smallest absolute Gasteiger partial charge is 0.410 e. The summed E-state index contributed by atoms with van der Waals surface area (Å²) >= 11 is 1.30. The van der Waals surface area contributed by atoms with Gasteiger partial charge in [0.1, 0.15) is 10.5 Å². The number of anilines is 1. The molecule has 0 atom stereocenters. The summed E-state index contributed by atoms with van der Waals surface area (Å²) < 4.78 is 5.30. The van der Waals surface area contributed by atoms with Crippen molar-refractivity contribution in [3.8, 4) is 0 Å². The Kier molecular flexibility index (Phi) is 8.66. The number of likely N-dealkylation sites (tertiary alicyclic amines) is 1. The van der Waals surface area contributed by atoms with Gasteiger partial charge < -0.3 is 20.3 Å². The van der Waals surface area contributed by atoms with Crippen LogP contribution < -0.4 is 10.6 Å². The van der Waals surface area contributed by atoms with Crippen LogP contribution in [0, 0.1) is 6.92 Å². The number of carbonyl (C=O) groups excluding carboxylic acids is 3. The molecule has 1 saturated heterocycles. The van der Waals surface area contributed by atoms with Crippen molar-refractivity contribution >= 4 is 34.9 Å². The summed E-state index contributed by atoms with van der Waals surface area (Å²) in [5.74, 6) is -0.365. The molecule has 1 aliphatic heterocycles. The molecule has 8 nitrogen and oxygen atoms in total. The Morgan fingerprint density at radius 1 is 1.20 bits per heavy atom. The molecule has 0 aromatic carbocycles. The number of likely N-dealkylation sites (N-methyl/N-ethyl adjacent to an activating group) is 1. The van der Waals surface area contributed by atoms with Gasteiger partial charge in [0.2, 0.25) is 5.91 Å². The lowest BCUT2D eigenvalue weighted by atomic mass is 10.1. The maximum absolute atomic E-state index is 12.6. The molecular formula is C21H34N4O4S. The zero-order valence-electron chi connectivity index (χ0n) is 18.7. The second-order valence-electron chi connectivity index (χ2n) is 8.67. The van der Waals surface area contributed by atoms with Crippen molar-refractivity contribution in [3.63, 3.8) is 0 Å². The van der Waals surface area contributed by atoms with Gasteiger partial charge in [-0.15, -0.1) is 11.3 Å². The van der Waals surface area contributed by atoms with E-state index in [0.29, 0.717) is 23.7 Å². The van der Waals surface area contributed by atoms with E-state index >= 15 is 0 Å². The molecular weight excluding hydrogens is 404 g/mol. The zero-order valence-corrected chi connectivity index (χ0v) is 19.5. The number of nitrogens with one attached hydrogen (secondary N) is 2. The molecule has 9 heteroatoms. The van der Waals surface area contributed by atoms with Gasteiger partial charge in [0, 0.05) is 20.1 Å². The van der Waals surface area contributed by atoms with Crippen LogP contribution >= 0.6 is 11.3 Å². The number of aryl methyl sites for hydroxylation is 1. The second kappa shape index (κ2) is 10.8. The molecule has 0 aliphatic carbocycles. The number of carbonyl (C=O) groups is 3. The predicted molar refractivity (Wildman–Crippen MR) is 119 cm³/mol. The van der Waals surface area contributed by atoms with Gasteiger partial charge >= 0.3 is 6.09 Å². The Labute approximate surface area is 182 Å². The van der Waals surface area contributed by atoms with Crippen molar-refractivity contribution in [2.75, 3.05) is 45.1 Å². The van der Waals surface area contributed by atoms with E-state index in [9.17, 15) is 14.4 Å². The Balaban J connectivity index is 1.86. The number of thiophene rings is 1. The van der Waals surface area contributed by atoms with Gasteiger partial charge in [0.25, 0.3) is 5.91 Å². The number of nitrogens with zero attached hydrogens (tertiary/aromatic N) is 2. The van der Waals surface area contributed by atoms with Gasteiger partial charge in [-0.25, -0.2) is 4.79 Å². The van der Waals surface area contributed by atoms with Crippen LogP contribution in [0.15, 0.2) is 5.38 Å². The third-order valence-electron chi connectivity index (χ3n) is 4.70. The lowest BCUT2D eigenvalue weighted by Crippen LogP contribution is -2.39. The van der Waals surface area contributed by atoms with Gasteiger partial charge in [0.15, 0.2) is 0 Å². The molecule has 1 aromatic rings. The van der Waals surface area contributed by atoms with E-state index in [1.54, 1.807) is 27.8 Å². The molecule has 2 N–H and O–H groups in total. The van der Waals surface area contributed by atoms with E-state index in [2.05, 4.69) is 15.5 Å². The average Bonchev–Trinajstić information content (AvgIpc) is 3.01. The Bertz CT molecular complexity index is 751. The van der Waals surface area contributed by atoms with E-state index in [0.717, 1.165) is 31.5 Å². The first-order valence-corrected chi connectivity index (χ1v) is 11.3. The molecule has 0 saturated carbocycles. The highest BCUT2D eigenvalue weighted by molar-refractivity contribution is 7.13. The lowest BCUT2D eigenvalue weighted by molar-refractivity contribution is -0.117. The molecule has 168 valence electrons. The van der Waals surface area contributed by atoms with E-state index < -0.39 is 11.7 Å². The van der Waals surface area contributed by atoms with Crippen LogP contribution in [0.2, 0.25) is 0 Å². The first-order valence-electron chi connectivity index (χ1n) is 10.4. The maximum atomic E-state index is 12.6. The first kappa shape index (κ1) is 24.1. The molecule has 0 unspecified atom stereocenters. The minimum atomic E-state index is -0.565. The Morgan fingerprint density at radius 3 is 2.50 bits per heavy atom. The molecule has 0 bridgehead atoms.